The minimum atomic E-state index is -0.798. The second kappa shape index (κ2) is 10.8. The Hall–Kier alpha value is -3.89. The van der Waals surface area contributed by atoms with Gasteiger partial charge >= 0.3 is 0 Å². The highest BCUT2D eigenvalue weighted by molar-refractivity contribution is 6.46. The molecule has 10 heteroatoms. The summed E-state index contributed by atoms with van der Waals surface area (Å²) < 4.78 is 18.0. The number of benzene rings is 1. The van der Waals surface area contributed by atoms with E-state index in [0.717, 1.165) is 19.6 Å². The summed E-state index contributed by atoms with van der Waals surface area (Å²) in [7, 11) is 3.07. The molecule has 10 nitrogen and oxygen atoms in total. The molecule has 4 heterocycles. The highest BCUT2D eigenvalue weighted by Gasteiger charge is 2.46. The molecule has 2 aromatic heterocycles. The van der Waals surface area contributed by atoms with Crippen molar-refractivity contribution >= 4 is 23.1 Å². The molecule has 2 aliphatic heterocycles. The standard InChI is InChI=1S/C28H32N4O6/c1-18-24(31-11-5-4-7-22(31)29-18)26(33)23-25(19-8-9-20(36-2)21(17-19)37-3)32(28(35)27(23)34)12-6-10-30-13-15-38-16-14-30/h4-5,7-9,11,17,25,33H,6,10,12-16H2,1-3H3/b26-23+/t25-/m1/s1. The lowest BCUT2D eigenvalue weighted by molar-refractivity contribution is -0.140. The molecule has 2 saturated heterocycles. The number of fused-ring (bicyclic) bond motifs is 1. The van der Waals surface area contributed by atoms with E-state index in [1.54, 1.807) is 47.7 Å². The summed E-state index contributed by atoms with van der Waals surface area (Å²) in [6.07, 6.45) is 2.44. The lowest BCUT2D eigenvalue weighted by Gasteiger charge is -2.29. The van der Waals surface area contributed by atoms with Crippen LogP contribution in [0.25, 0.3) is 11.4 Å². The van der Waals surface area contributed by atoms with Gasteiger partial charge in [0.1, 0.15) is 11.3 Å². The molecule has 2 aliphatic rings. The van der Waals surface area contributed by atoms with Gasteiger partial charge in [-0.05, 0) is 43.2 Å². The van der Waals surface area contributed by atoms with Gasteiger partial charge in [0.2, 0.25) is 0 Å². The molecule has 1 amide bonds. The van der Waals surface area contributed by atoms with Crippen LogP contribution in [-0.2, 0) is 14.3 Å². The van der Waals surface area contributed by atoms with E-state index >= 15 is 0 Å². The second-order valence-corrected chi connectivity index (χ2v) is 9.39. The number of nitrogens with zero attached hydrogens (tertiary/aromatic N) is 4. The quantitative estimate of drug-likeness (QED) is 0.275. The number of pyridine rings is 1. The molecule has 0 aliphatic carbocycles. The molecular weight excluding hydrogens is 488 g/mol. The van der Waals surface area contributed by atoms with Crippen LogP contribution in [0.2, 0.25) is 0 Å². The van der Waals surface area contributed by atoms with Crippen molar-refractivity contribution in [2.24, 2.45) is 0 Å². The van der Waals surface area contributed by atoms with Crippen LogP contribution in [0.3, 0.4) is 0 Å². The average Bonchev–Trinajstić information content (AvgIpc) is 3.41. The third-order valence-corrected chi connectivity index (χ3v) is 7.17. The van der Waals surface area contributed by atoms with Gasteiger partial charge in [-0.15, -0.1) is 0 Å². The Morgan fingerprint density at radius 1 is 1.08 bits per heavy atom. The highest BCUT2D eigenvalue weighted by Crippen LogP contribution is 2.42. The van der Waals surface area contributed by atoms with Crippen LogP contribution in [0.4, 0.5) is 0 Å². The number of aromatic nitrogens is 2. The van der Waals surface area contributed by atoms with Gasteiger partial charge in [-0.3, -0.25) is 18.9 Å². The Bertz CT molecular complexity index is 1390. The molecule has 0 bridgehead atoms. The van der Waals surface area contributed by atoms with E-state index < -0.39 is 17.7 Å². The Morgan fingerprint density at radius 3 is 2.58 bits per heavy atom. The number of hydrogen-bond donors (Lipinski definition) is 1. The van der Waals surface area contributed by atoms with E-state index in [2.05, 4.69) is 9.88 Å². The zero-order chi connectivity index (χ0) is 26.8. The van der Waals surface area contributed by atoms with Crippen LogP contribution in [0, 0.1) is 6.92 Å². The van der Waals surface area contributed by atoms with Gasteiger partial charge in [0.15, 0.2) is 17.3 Å². The van der Waals surface area contributed by atoms with E-state index in [1.807, 2.05) is 18.2 Å². The summed E-state index contributed by atoms with van der Waals surface area (Å²) in [5.41, 5.74) is 2.24. The van der Waals surface area contributed by atoms with Crippen molar-refractivity contribution in [3.63, 3.8) is 0 Å². The van der Waals surface area contributed by atoms with Crippen molar-refractivity contribution in [2.45, 2.75) is 19.4 Å². The number of carbonyl (C=O) groups is 2. The lowest BCUT2D eigenvalue weighted by Crippen LogP contribution is -2.39. The first-order valence-electron chi connectivity index (χ1n) is 12.7. The number of ketones is 1. The molecule has 3 aromatic rings. The van der Waals surface area contributed by atoms with Gasteiger partial charge in [-0.2, -0.15) is 0 Å². The van der Waals surface area contributed by atoms with Crippen LogP contribution in [0.5, 0.6) is 11.5 Å². The first kappa shape index (κ1) is 25.7. The summed E-state index contributed by atoms with van der Waals surface area (Å²) in [5.74, 6) is -0.623. The van der Waals surface area contributed by atoms with Gasteiger partial charge in [-0.25, -0.2) is 4.98 Å². The smallest absolute Gasteiger partial charge is 0.295 e. The zero-order valence-corrected chi connectivity index (χ0v) is 21.8. The molecule has 1 N–H and O–H groups in total. The number of carbonyl (C=O) groups excluding carboxylic acids is 2. The van der Waals surface area contributed by atoms with Crippen LogP contribution in [0.1, 0.15) is 29.4 Å². The number of imidazole rings is 1. The topological polar surface area (TPSA) is 106 Å². The van der Waals surface area contributed by atoms with E-state index in [9.17, 15) is 14.7 Å². The SMILES string of the molecule is COc1ccc([C@@H]2/C(=C(\O)c3c(C)nc4ccccn34)C(=O)C(=O)N2CCCN2CCOCC2)cc1OC. The predicted octanol–water partition coefficient (Wildman–Crippen LogP) is 2.80. The predicted molar refractivity (Wildman–Crippen MR) is 140 cm³/mol. The van der Waals surface area contributed by atoms with E-state index in [-0.39, 0.29) is 11.3 Å². The number of rotatable bonds is 8. The molecule has 5 rings (SSSR count). The van der Waals surface area contributed by atoms with Crippen molar-refractivity contribution in [2.75, 3.05) is 53.6 Å². The number of hydrogen-bond acceptors (Lipinski definition) is 8. The first-order valence-corrected chi connectivity index (χ1v) is 12.7. The van der Waals surface area contributed by atoms with Crippen molar-refractivity contribution in [1.82, 2.24) is 19.2 Å². The molecule has 1 atom stereocenters. The number of methoxy groups -OCH3 is 2. The van der Waals surface area contributed by atoms with Crippen LogP contribution < -0.4 is 9.47 Å². The Kier molecular flexibility index (Phi) is 7.35. The summed E-state index contributed by atoms with van der Waals surface area (Å²) in [4.78, 5) is 35.3. The van der Waals surface area contributed by atoms with Gasteiger partial charge in [0.25, 0.3) is 11.7 Å². The third-order valence-electron chi connectivity index (χ3n) is 7.17. The minimum absolute atomic E-state index is 0.0299. The Morgan fingerprint density at radius 2 is 1.84 bits per heavy atom. The highest BCUT2D eigenvalue weighted by atomic mass is 16.5. The Labute approximate surface area is 221 Å². The molecule has 38 heavy (non-hydrogen) atoms. The van der Waals surface area contributed by atoms with Crippen molar-refractivity contribution in [1.29, 1.82) is 0 Å². The van der Waals surface area contributed by atoms with E-state index in [1.165, 1.54) is 7.11 Å². The van der Waals surface area contributed by atoms with Crippen molar-refractivity contribution < 1.29 is 28.9 Å². The zero-order valence-electron chi connectivity index (χ0n) is 21.8. The Balaban J connectivity index is 1.58. The van der Waals surface area contributed by atoms with Gasteiger partial charge in [0.05, 0.1) is 44.7 Å². The first-order chi connectivity index (χ1) is 18.4. The molecule has 1 aromatic carbocycles. The number of Topliss-reactive ketones (excluding diaryl/α,β-unsaturated/α-hetero) is 1. The maximum atomic E-state index is 13.5. The number of aliphatic hydroxyl groups excluding tert-OH is 1. The molecule has 0 unspecified atom stereocenters. The largest absolute Gasteiger partial charge is 0.505 e. The van der Waals surface area contributed by atoms with E-state index in [0.29, 0.717) is 60.3 Å². The number of aliphatic hydroxyl groups is 1. The molecule has 0 saturated carbocycles. The number of aryl methyl sites for hydroxylation is 1. The maximum Gasteiger partial charge on any atom is 0.295 e. The minimum Gasteiger partial charge on any atom is -0.505 e. The third kappa shape index (κ3) is 4.61. The fourth-order valence-electron chi connectivity index (χ4n) is 5.30. The molecular formula is C28H32N4O6. The van der Waals surface area contributed by atoms with Gasteiger partial charge < -0.3 is 24.2 Å². The van der Waals surface area contributed by atoms with Gasteiger partial charge in [0, 0.05) is 32.4 Å². The van der Waals surface area contributed by atoms with E-state index in [4.69, 9.17) is 14.2 Å². The second-order valence-electron chi connectivity index (χ2n) is 9.39. The molecule has 200 valence electrons. The van der Waals surface area contributed by atoms with Crippen molar-refractivity contribution in [3.05, 3.63) is 65.1 Å². The number of morpholine rings is 1. The number of likely N-dealkylation sites (tertiary alicyclic amines) is 1. The van der Waals surface area contributed by atoms with Crippen LogP contribution >= 0.6 is 0 Å². The lowest BCUT2D eigenvalue weighted by atomic mass is 9.95. The van der Waals surface area contributed by atoms with Crippen LogP contribution in [0.15, 0.2) is 48.2 Å². The van der Waals surface area contributed by atoms with Crippen molar-refractivity contribution in [3.8, 4) is 11.5 Å². The average molecular weight is 521 g/mol. The molecule has 2 fully saturated rings. The maximum absolute atomic E-state index is 13.5. The number of amides is 1. The normalized spacial score (nSPS) is 19.9. The summed E-state index contributed by atoms with van der Waals surface area (Å²) in [6, 6.07) is 9.97. The monoisotopic (exact) mass is 520 g/mol. The number of ether oxygens (including phenoxy) is 3. The fourth-order valence-corrected chi connectivity index (χ4v) is 5.30. The van der Waals surface area contributed by atoms with Gasteiger partial charge in [-0.1, -0.05) is 12.1 Å². The molecule has 0 spiro atoms. The van der Waals surface area contributed by atoms with Crippen LogP contribution in [-0.4, -0.2) is 89.6 Å². The summed E-state index contributed by atoms with van der Waals surface area (Å²) >= 11 is 0. The summed E-state index contributed by atoms with van der Waals surface area (Å²) in [5, 5.41) is 11.6. The summed E-state index contributed by atoms with van der Waals surface area (Å²) in [6.45, 7) is 5.95. The fraction of sp³-hybridized carbons (Fsp3) is 0.393. The molecule has 0 radical (unpaired) electrons.